The van der Waals surface area contributed by atoms with Crippen LogP contribution in [-0.2, 0) is 11.2 Å². The summed E-state index contributed by atoms with van der Waals surface area (Å²) in [5.41, 5.74) is 5.15. The van der Waals surface area contributed by atoms with Crippen molar-refractivity contribution in [1.29, 1.82) is 0 Å². The first-order chi connectivity index (χ1) is 11.7. The van der Waals surface area contributed by atoms with Crippen LogP contribution in [-0.4, -0.2) is 39.4 Å². The van der Waals surface area contributed by atoms with Gasteiger partial charge in [0.1, 0.15) is 0 Å². The minimum atomic E-state index is -0.0745. The van der Waals surface area contributed by atoms with E-state index in [1.165, 1.54) is 16.0 Å². The summed E-state index contributed by atoms with van der Waals surface area (Å²) >= 11 is 1.76. The average molecular weight is 337 g/mol. The highest BCUT2D eigenvalue weighted by molar-refractivity contribution is 8.04. The third kappa shape index (κ3) is 1.10. The molecule has 5 nitrogen and oxygen atoms in total. The van der Waals surface area contributed by atoms with Crippen LogP contribution in [0.4, 0.5) is 0 Å². The molecule has 0 saturated carbocycles. The van der Waals surface area contributed by atoms with Crippen LogP contribution < -0.4 is 5.32 Å². The molecule has 120 valence electrons. The predicted octanol–water partition coefficient (Wildman–Crippen LogP) is 1.66. The van der Waals surface area contributed by atoms with Crippen molar-refractivity contribution in [3.8, 4) is 0 Å². The van der Waals surface area contributed by atoms with Gasteiger partial charge in [0, 0.05) is 28.6 Å². The first kappa shape index (κ1) is 12.6. The van der Waals surface area contributed by atoms with Gasteiger partial charge >= 0.3 is 0 Å². The maximum absolute atomic E-state index is 13.1. The number of Topliss-reactive ketones (excluding diaryl/α,β-unsaturated/α-hetero) is 1. The number of carbonyl (C=O) groups is 2. The summed E-state index contributed by atoms with van der Waals surface area (Å²) in [5.74, 6) is 0.374. The highest BCUT2D eigenvalue weighted by Gasteiger charge is 2.64. The molecule has 7 rings (SSSR count). The summed E-state index contributed by atoms with van der Waals surface area (Å²) in [6.45, 7) is 0.895. The number of ketones is 2. The van der Waals surface area contributed by atoms with Gasteiger partial charge in [0.15, 0.2) is 5.78 Å². The Morgan fingerprint density at radius 3 is 3.12 bits per heavy atom. The van der Waals surface area contributed by atoms with Crippen LogP contribution in [0.5, 0.6) is 0 Å². The molecule has 4 aliphatic heterocycles. The van der Waals surface area contributed by atoms with E-state index in [9.17, 15) is 9.59 Å². The van der Waals surface area contributed by atoms with Crippen LogP contribution in [0.1, 0.15) is 40.5 Å². The van der Waals surface area contributed by atoms with Gasteiger partial charge < -0.3 is 10.3 Å². The van der Waals surface area contributed by atoms with Gasteiger partial charge in [-0.15, -0.1) is 11.8 Å². The largest absolute Gasteiger partial charge is 0.370 e. The Kier molecular flexibility index (Phi) is 1.87. The SMILES string of the molecule is O=C1C2=C3C4c5c(c[nH]c51)CCN4[C@H]1C[C@@]34C[C@@H](N2)SC4=CC1=O. The molecule has 4 atom stereocenters. The molecule has 3 bridgehead atoms. The Morgan fingerprint density at radius 1 is 1.29 bits per heavy atom. The molecule has 1 aromatic rings. The van der Waals surface area contributed by atoms with Crippen molar-refractivity contribution in [2.45, 2.75) is 36.7 Å². The number of nitrogens with one attached hydrogen (secondary N) is 2. The number of nitrogens with zero attached hydrogens (tertiary/aromatic N) is 1. The zero-order chi connectivity index (χ0) is 15.8. The summed E-state index contributed by atoms with van der Waals surface area (Å²) < 4.78 is 0. The summed E-state index contributed by atoms with van der Waals surface area (Å²) in [6, 6.07) is 0.0755. The molecule has 0 amide bonds. The van der Waals surface area contributed by atoms with Crippen molar-refractivity contribution in [1.82, 2.24) is 15.2 Å². The fraction of sp³-hybridized carbons (Fsp3) is 0.444. The number of fused-ring (bicyclic) bond motifs is 3. The minimum absolute atomic E-state index is 0.0229. The van der Waals surface area contributed by atoms with Gasteiger partial charge in [0.2, 0.25) is 5.78 Å². The number of hydrogen-bond donors (Lipinski definition) is 2. The van der Waals surface area contributed by atoms with Crippen LogP contribution in [0.3, 0.4) is 0 Å². The Bertz CT molecular complexity index is 957. The maximum atomic E-state index is 13.1. The maximum Gasteiger partial charge on any atom is 0.225 e. The number of hydrogen-bond acceptors (Lipinski definition) is 5. The smallest absolute Gasteiger partial charge is 0.225 e. The van der Waals surface area contributed by atoms with Crippen molar-refractivity contribution < 1.29 is 9.59 Å². The molecule has 1 spiro atoms. The molecule has 0 aromatic carbocycles. The highest BCUT2D eigenvalue weighted by atomic mass is 32.2. The van der Waals surface area contributed by atoms with Gasteiger partial charge in [-0.1, -0.05) is 0 Å². The molecule has 1 aromatic heterocycles. The van der Waals surface area contributed by atoms with Crippen molar-refractivity contribution in [2.75, 3.05) is 6.54 Å². The van der Waals surface area contributed by atoms with Crippen LogP contribution in [0.2, 0.25) is 0 Å². The van der Waals surface area contributed by atoms with E-state index in [4.69, 9.17) is 0 Å². The van der Waals surface area contributed by atoms with Gasteiger partial charge in [-0.2, -0.15) is 0 Å². The molecule has 24 heavy (non-hydrogen) atoms. The zero-order valence-corrected chi connectivity index (χ0v) is 13.7. The third-order valence-corrected chi connectivity index (χ3v) is 8.22. The van der Waals surface area contributed by atoms with Gasteiger partial charge in [-0.05, 0) is 36.5 Å². The van der Waals surface area contributed by atoms with Crippen molar-refractivity contribution in [2.24, 2.45) is 5.41 Å². The van der Waals surface area contributed by atoms with E-state index in [1.54, 1.807) is 11.8 Å². The predicted molar refractivity (Wildman–Crippen MR) is 88.4 cm³/mol. The fourth-order valence-electron chi connectivity index (χ4n) is 6.01. The highest BCUT2D eigenvalue weighted by Crippen LogP contribution is 2.68. The van der Waals surface area contributed by atoms with Crippen molar-refractivity contribution in [3.63, 3.8) is 0 Å². The molecule has 0 radical (unpaired) electrons. The van der Waals surface area contributed by atoms with E-state index in [2.05, 4.69) is 15.2 Å². The lowest BCUT2D eigenvalue weighted by molar-refractivity contribution is -0.124. The Labute approximate surface area is 142 Å². The monoisotopic (exact) mass is 337 g/mol. The van der Waals surface area contributed by atoms with Crippen LogP contribution >= 0.6 is 11.8 Å². The molecule has 6 aliphatic rings. The van der Waals surface area contributed by atoms with E-state index < -0.39 is 0 Å². The van der Waals surface area contributed by atoms with E-state index in [0.29, 0.717) is 0 Å². The standard InChI is InChI=1S/C18H15N3O2S/c22-9-3-10-18-4-8(9)21-2-1-7-6-19-14-12(7)16(21)13(18)15(17(14)23)20-11(5-18)24-10/h3,6,8,11,16,19-20H,1-2,4-5H2/t8-,11-,16?,18-/m0/s1. The number of piperidine rings is 1. The van der Waals surface area contributed by atoms with Gasteiger partial charge in [-0.25, -0.2) is 0 Å². The van der Waals surface area contributed by atoms with Gasteiger partial charge in [0.05, 0.1) is 28.8 Å². The van der Waals surface area contributed by atoms with Gasteiger partial charge in [-0.3, -0.25) is 14.5 Å². The molecular formula is C18H15N3O2S. The Balaban J connectivity index is 1.63. The second-order valence-electron chi connectivity index (χ2n) is 7.78. The molecule has 2 saturated heterocycles. The molecule has 2 fully saturated rings. The summed E-state index contributed by atoms with van der Waals surface area (Å²) in [6.07, 6.45) is 6.68. The summed E-state index contributed by atoms with van der Waals surface area (Å²) in [7, 11) is 0. The average Bonchev–Trinajstić information content (AvgIpc) is 3.11. The third-order valence-electron chi connectivity index (χ3n) is 6.89. The Morgan fingerprint density at radius 2 is 2.21 bits per heavy atom. The minimum Gasteiger partial charge on any atom is -0.370 e. The number of rotatable bonds is 0. The zero-order valence-electron chi connectivity index (χ0n) is 12.9. The van der Waals surface area contributed by atoms with Gasteiger partial charge in [0.25, 0.3) is 0 Å². The Hall–Kier alpha value is -1.79. The van der Waals surface area contributed by atoms with E-state index in [1.807, 2.05) is 12.3 Å². The number of allylic oxidation sites excluding steroid dienone is 2. The number of carbonyl (C=O) groups excluding carboxylic acids is 2. The second-order valence-corrected chi connectivity index (χ2v) is 9.02. The van der Waals surface area contributed by atoms with Crippen LogP contribution in [0.15, 0.2) is 28.4 Å². The lowest BCUT2D eigenvalue weighted by Crippen LogP contribution is -2.60. The van der Waals surface area contributed by atoms with Crippen molar-refractivity contribution >= 4 is 23.3 Å². The first-order valence-electron chi connectivity index (χ1n) is 8.62. The quantitative estimate of drug-likeness (QED) is 0.754. The van der Waals surface area contributed by atoms with E-state index in [0.717, 1.165) is 42.8 Å². The molecular weight excluding hydrogens is 322 g/mol. The second kappa shape index (κ2) is 3.58. The molecule has 2 N–H and O–H groups in total. The van der Waals surface area contributed by atoms with E-state index >= 15 is 0 Å². The van der Waals surface area contributed by atoms with Crippen molar-refractivity contribution in [3.05, 3.63) is 45.3 Å². The number of thioether (sulfide) groups is 1. The number of aromatic nitrogens is 1. The number of H-pyrrole nitrogens is 1. The van der Waals surface area contributed by atoms with E-state index in [-0.39, 0.29) is 34.4 Å². The lowest BCUT2D eigenvalue weighted by atomic mass is 9.58. The number of aromatic amines is 1. The van der Waals surface area contributed by atoms with Crippen LogP contribution in [0, 0.1) is 5.41 Å². The molecule has 1 unspecified atom stereocenters. The summed E-state index contributed by atoms with van der Waals surface area (Å²) in [4.78, 5) is 32.8. The fourth-order valence-corrected chi connectivity index (χ4v) is 7.55. The summed E-state index contributed by atoms with van der Waals surface area (Å²) in [5, 5.41) is 3.73. The lowest BCUT2D eigenvalue weighted by Gasteiger charge is -2.57. The normalized spacial score (nSPS) is 40.7. The molecule has 5 heterocycles. The topological polar surface area (TPSA) is 65.2 Å². The van der Waals surface area contributed by atoms with Crippen LogP contribution in [0.25, 0.3) is 0 Å². The molecule has 2 aliphatic carbocycles. The molecule has 6 heteroatoms. The first-order valence-corrected chi connectivity index (χ1v) is 9.50.